The van der Waals surface area contributed by atoms with Gasteiger partial charge < -0.3 is 9.47 Å². The van der Waals surface area contributed by atoms with E-state index in [4.69, 9.17) is 9.47 Å². The molecule has 2 fully saturated rings. The molecule has 1 aliphatic carbocycles. The van der Waals surface area contributed by atoms with E-state index in [1.807, 2.05) is 29.2 Å². The third kappa shape index (κ3) is 5.60. The van der Waals surface area contributed by atoms with Crippen LogP contribution in [0.5, 0.6) is 0 Å². The van der Waals surface area contributed by atoms with Crippen LogP contribution >= 0.6 is 0 Å². The minimum absolute atomic E-state index is 0.0591. The molecule has 6 rings (SSSR count). The normalized spacial score (nSPS) is 18.3. The summed E-state index contributed by atoms with van der Waals surface area (Å²) in [6, 6.07) is 19.1. The van der Waals surface area contributed by atoms with Crippen LogP contribution in [-0.2, 0) is 30.3 Å². The summed E-state index contributed by atoms with van der Waals surface area (Å²) in [6.45, 7) is 2.77. The fraction of sp³-hybridized carbons (Fsp3) is 0.324. The molecule has 9 heteroatoms. The number of fused-ring (bicyclic) bond motifs is 3. The lowest BCUT2D eigenvalue weighted by atomic mass is 9.95. The molecule has 1 unspecified atom stereocenters. The lowest BCUT2D eigenvalue weighted by molar-refractivity contribution is -0.149. The molecule has 9 nitrogen and oxygen atoms in total. The van der Waals surface area contributed by atoms with E-state index >= 15 is 0 Å². The summed E-state index contributed by atoms with van der Waals surface area (Å²) >= 11 is 0. The molecule has 220 valence electrons. The van der Waals surface area contributed by atoms with Gasteiger partial charge in [-0.2, -0.15) is 0 Å². The van der Waals surface area contributed by atoms with Crippen molar-refractivity contribution in [2.24, 2.45) is 5.92 Å². The van der Waals surface area contributed by atoms with E-state index in [0.717, 1.165) is 22.4 Å². The van der Waals surface area contributed by atoms with Gasteiger partial charge >= 0.3 is 11.9 Å². The lowest BCUT2D eigenvalue weighted by Crippen LogP contribution is -2.47. The number of ether oxygens (including phenoxy) is 2. The Morgan fingerprint density at radius 3 is 2.28 bits per heavy atom. The van der Waals surface area contributed by atoms with Gasteiger partial charge in [0.15, 0.2) is 12.4 Å². The van der Waals surface area contributed by atoms with E-state index < -0.39 is 18.6 Å². The van der Waals surface area contributed by atoms with Crippen LogP contribution in [0, 0.1) is 5.92 Å². The number of hydrogen-bond donors (Lipinski definition) is 0. The van der Waals surface area contributed by atoms with Crippen molar-refractivity contribution in [2.75, 3.05) is 31.2 Å². The van der Waals surface area contributed by atoms with Crippen LogP contribution in [0.2, 0.25) is 0 Å². The standard InChI is InChI=1S/C34H32N2O7/c1-2-42-33(40)22-13-15-35(16-14-22)29-19-31(38)36(32(29)39)26-10-7-21(8-11-26)34(41)43-20-30(37)24-9-12-28-25(18-24)17-23-5-3-4-6-27(23)28/h3-12,18,22,29H,2,13-17,19-20H2,1H3. The molecule has 2 saturated heterocycles. The van der Waals surface area contributed by atoms with Gasteiger partial charge in [-0.3, -0.25) is 24.1 Å². The van der Waals surface area contributed by atoms with Crippen molar-refractivity contribution >= 4 is 35.2 Å². The second kappa shape index (κ2) is 11.9. The number of benzene rings is 3. The van der Waals surface area contributed by atoms with Gasteiger partial charge in [0, 0.05) is 5.56 Å². The molecule has 1 atom stereocenters. The summed E-state index contributed by atoms with van der Waals surface area (Å²) in [6.07, 6.45) is 1.98. The van der Waals surface area contributed by atoms with Crippen molar-refractivity contribution in [1.29, 1.82) is 0 Å². The van der Waals surface area contributed by atoms with E-state index in [9.17, 15) is 24.0 Å². The number of Topliss-reactive ketones (excluding diaryl/α,β-unsaturated/α-hetero) is 1. The van der Waals surface area contributed by atoms with Crippen LogP contribution in [0.25, 0.3) is 11.1 Å². The third-order valence-corrected chi connectivity index (χ3v) is 8.52. The Hall–Kier alpha value is -4.63. The first-order valence-corrected chi connectivity index (χ1v) is 14.6. The maximum Gasteiger partial charge on any atom is 0.338 e. The topological polar surface area (TPSA) is 110 Å². The molecule has 3 aromatic carbocycles. The largest absolute Gasteiger partial charge is 0.466 e. The molecular formula is C34H32N2O7. The van der Waals surface area contributed by atoms with Crippen LogP contribution in [0.15, 0.2) is 66.7 Å². The number of piperidine rings is 1. The second-order valence-corrected chi connectivity index (χ2v) is 11.1. The van der Waals surface area contributed by atoms with Crippen LogP contribution < -0.4 is 4.90 Å². The van der Waals surface area contributed by atoms with Crippen LogP contribution in [0.4, 0.5) is 5.69 Å². The molecule has 0 aromatic heterocycles. The Balaban J connectivity index is 1.03. The molecule has 2 amide bonds. The average molecular weight is 581 g/mol. The number of nitrogens with zero attached hydrogens (tertiary/aromatic N) is 2. The van der Waals surface area contributed by atoms with Gasteiger partial charge in [0.05, 0.1) is 36.2 Å². The quantitative estimate of drug-likeness (QED) is 0.173. The SMILES string of the molecule is CCOC(=O)C1CCN(C2CC(=O)N(c3ccc(C(=O)OCC(=O)c4ccc5c(c4)Cc4ccccc4-5)cc3)C2=O)CC1. The third-order valence-electron chi connectivity index (χ3n) is 8.52. The molecule has 43 heavy (non-hydrogen) atoms. The van der Waals surface area contributed by atoms with E-state index in [1.165, 1.54) is 35.4 Å². The Kier molecular flexibility index (Phi) is 7.90. The van der Waals surface area contributed by atoms with Crippen molar-refractivity contribution in [2.45, 2.75) is 38.6 Å². The van der Waals surface area contributed by atoms with Crippen molar-refractivity contribution in [3.05, 3.63) is 89.0 Å². The Labute approximate surface area is 249 Å². The molecule has 0 bridgehead atoms. The molecule has 2 heterocycles. The van der Waals surface area contributed by atoms with Gasteiger partial charge in [-0.05, 0) is 91.9 Å². The van der Waals surface area contributed by atoms with Crippen LogP contribution in [-0.4, -0.2) is 66.8 Å². The minimum Gasteiger partial charge on any atom is -0.466 e. The van der Waals surface area contributed by atoms with Crippen LogP contribution in [0.3, 0.4) is 0 Å². The fourth-order valence-corrected chi connectivity index (χ4v) is 6.24. The zero-order valence-corrected chi connectivity index (χ0v) is 23.9. The average Bonchev–Trinajstić information content (AvgIpc) is 3.55. The fourth-order valence-electron chi connectivity index (χ4n) is 6.24. The highest BCUT2D eigenvalue weighted by atomic mass is 16.5. The lowest BCUT2D eigenvalue weighted by Gasteiger charge is -2.33. The summed E-state index contributed by atoms with van der Waals surface area (Å²) in [4.78, 5) is 66.7. The Bertz CT molecular complexity index is 1610. The number of hydrogen-bond acceptors (Lipinski definition) is 8. The molecule has 2 aliphatic heterocycles. The molecule has 0 N–H and O–H groups in total. The van der Waals surface area contributed by atoms with Gasteiger partial charge in [0.2, 0.25) is 5.91 Å². The first-order chi connectivity index (χ1) is 20.8. The smallest absolute Gasteiger partial charge is 0.338 e. The minimum atomic E-state index is -0.671. The van der Waals surface area contributed by atoms with Gasteiger partial charge in [-0.15, -0.1) is 0 Å². The van der Waals surface area contributed by atoms with Crippen molar-refractivity contribution in [3.8, 4) is 11.1 Å². The molecule has 0 saturated carbocycles. The summed E-state index contributed by atoms with van der Waals surface area (Å²) in [5, 5.41) is 0. The highest BCUT2D eigenvalue weighted by Crippen LogP contribution is 2.37. The first kappa shape index (κ1) is 28.5. The zero-order valence-electron chi connectivity index (χ0n) is 23.9. The summed E-state index contributed by atoms with van der Waals surface area (Å²) in [7, 11) is 0. The van der Waals surface area contributed by atoms with E-state index in [0.29, 0.717) is 43.8 Å². The maximum atomic E-state index is 13.2. The number of likely N-dealkylation sites (tertiary alicyclic amines) is 1. The summed E-state index contributed by atoms with van der Waals surface area (Å²) in [5.41, 5.74) is 5.64. The Morgan fingerprint density at radius 1 is 0.837 bits per heavy atom. The van der Waals surface area contributed by atoms with Gasteiger partial charge in [0.25, 0.3) is 5.91 Å². The number of ketones is 1. The molecule has 3 aromatic rings. The number of imide groups is 1. The monoisotopic (exact) mass is 580 g/mol. The number of amides is 2. The number of carbonyl (C=O) groups excluding carboxylic acids is 5. The maximum absolute atomic E-state index is 13.2. The number of anilines is 1. The van der Waals surface area contributed by atoms with Gasteiger partial charge in [-0.25, -0.2) is 9.69 Å². The van der Waals surface area contributed by atoms with Crippen molar-refractivity contribution < 1.29 is 33.4 Å². The number of esters is 2. The zero-order chi connectivity index (χ0) is 30.1. The molecular weight excluding hydrogens is 548 g/mol. The highest BCUT2D eigenvalue weighted by Gasteiger charge is 2.44. The van der Waals surface area contributed by atoms with Gasteiger partial charge in [-0.1, -0.05) is 36.4 Å². The molecule has 0 radical (unpaired) electrons. The summed E-state index contributed by atoms with van der Waals surface area (Å²) in [5.74, 6) is -2.01. The number of carbonyl (C=O) groups is 5. The first-order valence-electron chi connectivity index (χ1n) is 14.6. The second-order valence-electron chi connectivity index (χ2n) is 11.1. The highest BCUT2D eigenvalue weighted by molar-refractivity contribution is 6.22. The van der Waals surface area contributed by atoms with E-state index in [-0.39, 0.29) is 41.5 Å². The van der Waals surface area contributed by atoms with E-state index in [2.05, 4.69) is 12.1 Å². The molecule has 3 aliphatic rings. The van der Waals surface area contributed by atoms with Crippen molar-refractivity contribution in [3.63, 3.8) is 0 Å². The number of rotatable bonds is 8. The van der Waals surface area contributed by atoms with E-state index in [1.54, 1.807) is 13.0 Å². The van der Waals surface area contributed by atoms with Crippen molar-refractivity contribution in [1.82, 2.24) is 4.90 Å². The predicted molar refractivity (Wildman–Crippen MR) is 158 cm³/mol. The Morgan fingerprint density at radius 2 is 1.53 bits per heavy atom. The van der Waals surface area contributed by atoms with Gasteiger partial charge in [0.1, 0.15) is 0 Å². The summed E-state index contributed by atoms with van der Waals surface area (Å²) < 4.78 is 10.4. The van der Waals surface area contributed by atoms with Crippen LogP contribution in [0.1, 0.15) is 58.0 Å². The molecule has 0 spiro atoms. The predicted octanol–water partition coefficient (Wildman–Crippen LogP) is 4.20.